The molecule has 3 N–H and O–H groups in total. The molecule has 19 heavy (non-hydrogen) atoms. The molecule has 1 heterocycles. The second kappa shape index (κ2) is 9.90. The van der Waals surface area contributed by atoms with E-state index in [1.54, 1.807) is 0 Å². The normalized spacial score (nSPS) is 9.79. The second-order valence-corrected chi connectivity index (χ2v) is 5.88. The van der Waals surface area contributed by atoms with Crippen molar-refractivity contribution in [1.82, 2.24) is 5.32 Å². The van der Waals surface area contributed by atoms with Crippen LogP contribution in [0.1, 0.15) is 34.5 Å². The molecule has 0 aliphatic carbocycles. The van der Waals surface area contributed by atoms with E-state index in [4.69, 9.17) is 5.73 Å². The largest absolute Gasteiger partial charge is 0.351 e. The van der Waals surface area contributed by atoms with Crippen molar-refractivity contribution in [2.24, 2.45) is 5.73 Å². The summed E-state index contributed by atoms with van der Waals surface area (Å²) < 4.78 is 0. The number of hydrogen-bond acceptors (Lipinski definition) is 4. The van der Waals surface area contributed by atoms with E-state index in [1.165, 1.54) is 23.5 Å². The Bertz CT molecular complexity index is 446. The van der Waals surface area contributed by atoms with E-state index in [9.17, 15) is 4.79 Å². The van der Waals surface area contributed by atoms with Crippen molar-refractivity contribution >= 4 is 29.0 Å². The van der Waals surface area contributed by atoms with Crippen LogP contribution in [0, 0.1) is 11.8 Å². The minimum atomic E-state index is -0.0267. The van der Waals surface area contributed by atoms with Crippen LogP contribution >= 0.6 is 23.1 Å². The van der Waals surface area contributed by atoms with Gasteiger partial charge in [0.15, 0.2) is 0 Å². The average molecular weight is 296 g/mol. The lowest BCUT2D eigenvalue weighted by Crippen LogP contribution is -2.24. The lowest BCUT2D eigenvalue weighted by atomic mass is 10.2. The van der Waals surface area contributed by atoms with Crippen LogP contribution in [-0.4, -0.2) is 31.0 Å². The molecule has 0 aromatic carbocycles. The quantitative estimate of drug-likeness (QED) is 0.600. The molecule has 0 saturated heterocycles. The van der Waals surface area contributed by atoms with E-state index < -0.39 is 0 Å². The molecule has 0 bridgehead atoms. The summed E-state index contributed by atoms with van der Waals surface area (Å²) in [5.41, 5.74) is 6.11. The fraction of sp³-hybridized carbons (Fsp3) is 0.500. The van der Waals surface area contributed by atoms with Gasteiger partial charge in [0.05, 0.1) is 6.54 Å². The standard InChI is InChI=1S/C14H20N2OS2/c1-18-10-4-2-3-9-16-14(17)13-12(6-5-8-15)7-11-19-13/h7,11H,2-4,8-10,15H2,1H3,(H,16,17). The zero-order valence-corrected chi connectivity index (χ0v) is 12.8. The number of nitrogens with two attached hydrogens (primary N) is 1. The maximum atomic E-state index is 12.0. The third kappa shape index (κ3) is 6.15. The second-order valence-electron chi connectivity index (χ2n) is 3.98. The summed E-state index contributed by atoms with van der Waals surface area (Å²) in [5.74, 6) is 6.87. The van der Waals surface area contributed by atoms with Crippen molar-refractivity contribution < 1.29 is 4.79 Å². The Morgan fingerprint density at radius 3 is 3.05 bits per heavy atom. The molecule has 1 rings (SSSR count). The molecule has 0 unspecified atom stereocenters. The Hall–Kier alpha value is -0.960. The highest BCUT2D eigenvalue weighted by Gasteiger charge is 2.10. The van der Waals surface area contributed by atoms with Crippen LogP contribution < -0.4 is 11.1 Å². The number of rotatable bonds is 7. The molecule has 1 aromatic rings. The van der Waals surface area contributed by atoms with Crippen LogP contribution in [-0.2, 0) is 0 Å². The molecule has 0 radical (unpaired) electrons. The van der Waals surface area contributed by atoms with Crippen LogP contribution in [0.15, 0.2) is 11.4 Å². The Balaban J connectivity index is 2.35. The minimum absolute atomic E-state index is 0.0267. The first-order valence-electron chi connectivity index (χ1n) is 6.33. The van der Waals surface area contributed by atoms with E-state index >= 15 is 0 Å². The molecule has 1 amide bonds. The summed E-state index contributed by atoms with van der Waals surface area (Å²) in [6.07, 6.45) is 5.51. The molecule has 0 atom stereocenters. The summed E-state index contributed by atoms with van der Waals surface area (Å²) in [6.45, 7) is 1.04. The van der Waals surface area contributed by atoms with Crippen molar-refractivity contribution in [2.75, 3.05) is 25.1 Å². The van der Waals surface area contributed by atoms with Gasteiger partial charge < -0.3 is 11.1 Å². The maximum Gasteiger partial charge on any atom is 0.262 e. The number of nitrogens with one attached hydrogen (secondary N) is 1. The van der Waals surface area contributed by atoms with Crippen molar-refractivity contribution in [3.63, 3.8) is 0 Å². The highest BCUT2D eigenvalue weighted by molar-refractivity contribution is 7.98. The van der Waals surface area contributed by atoms with Gasteiger partial charge in [0.1, 0.15) is 4.88 Å². The van der Waals surface area contributed by atoms with Crippen LogP contribution in [0.4, 0.5) is 0 Å². The third-order valence-corrected chi connectivity index (χ3v) is 4.12. The first-order valence-corrected chi connectivity index (χ1v) is 8.60. The number of unbranched alkanes of at least 4 members (excludes halogenated alkanes) is 2. The number of amides is 1. The summed E-state index contributed by atoms with van der Waals surface area (Å²) in [7, 11) is 0. The predicted octanol–water partition coefficient (Wildman–Crippen LogP) is 2.32. The molecular formula is C14H20N2OS2. The molecule has 0 aliphatic rings. The number of carbonyl (C=O) groups excluding carboxylic acids is 1. The lowest BCUT2D eigenvalue weighted by molar-refractivity contribution is 0.0957. The third-order valence-electron chi connectivity index (χ3n) is 2.51. The lowest BCUT2D eigenvalue weighted by Gasteiger charge is -2.04. The zero-order valence-electron chi connectivity index (χ0n) is 11.2. The molecule has 5 heteroatoms. The molecule has 0 spiro atoms. The number of thioether (sulfide) groups is 1. The van der Waals surface area contributed by atoms with Gasteiger partial charge in [-0.05, 0) is 36.3 Å². The van der Waals surface area contributed by atoms with Crippen LogP contribution in [0.5, 0.6) is 0 Å². The van der Waals surface area contributed by atoms with Crippen LogP contribution in [0.2, 0.25) is 0 Å². The Labute approximate surface area is 123 Å². The molecule has 0 aliphatic heterocycles. The zero-order chi connectivity index (χ0) is 13.9. The minimum Gasteiger partial charge on any atom is -0.351 e. The summed E-state index contributed by atoms with van der Waals surface area (Å²) >= 11 is 3.28. The van der Waals surface area contributed by atoms with Gasteiger partial charge in [-0.15, -0.1) is 11.3 Å². The topological polar surface area (TPSA) is 55.1 Å². The molecule has 1 aromatic heterocycles. The fourth-order valence-corrected chi connectivity index (χ4v) is 2.82. The van der Waals surface area contributed by atoms with Crippen molar-refractivity contribution in [1.29, 1.82) is 0 Å². The molecule has 104 valence electrons. The number of hydrogen-bond donors (Lipinski definition) is 2. The van der Waals surface area contributed by atoms with E-state index in [0.717, 1.165) is 24.9 Å². The smallest absolute Gasteiger partial charge is 0.262 e. The predicted molar refractivity (Wildman–Crippen MR) is 84.8 cm³/mol. The monoisotopic (exact) mass is 296 g/mol. The van der Waals surface area contributed by atoms with Gasteiger partial charge in [0.2, 0.25) is 0 Å². The van der Waals surface area contributed by atoms with E-state index in [1.807, 2.05) is 23.2 Å². The van der Waals surface area contributed by atoms with Gasteiger partial charge in [-0.2, -0.15) is 11.8 Å². The van der Waals surface area contributed by atoms with Gasteiger partial charge >= 0.3 is 0 Å². The number of thiophene rings is 1. The summed E-state index contributed by atoms with van der Waals surface area (Å²) in [4.78, 5) is 12.7. The molecule has 3 nitrogen and oxygen atoms in total. The Morgan fingerprint density at radius 1 is 1.47 bits per heavy atom. The van der Waals surface area contributed by atoms with Gasteiger partial charge in [-0.25, -0.2) is 0 Å². The van der Waals surface area contributed by atoms with Gasteiger partial charge in [0.25, 0.3) is 5.91 Å². The summed E-state index contributed by atoms with van der Waals surface area (Å²) in [5, 5.41) is 4.83. The average Bonchev–Trinajstić information content (AvgIpc) is 2.88. The SMILES string of the molecule is CSCCCCCNC(=O)c1sccc1C#CCN. The van der Waals surface area contributed by atoms with Crippen molar-refractivity contribution in [3.8, 4) is 11.8 Å². The molecular weight excluding hydrogens is 276 g/mol. The van der Waals surface area contributed by atoms with Crippen LogP contribution in [0.3, 0.4) is 0 Å². The highest BCUT2D eigenvalue weighted by Crippen LogP contribution is 2.15. The van der Waals surface area contributed by atoms with Crippen molar-refractivity contribution in [3.05, 3.63) is 21.9 Å². The number of carbonyl (C=O) groups is 1. The first kappa shape index (κ1) is 16.1. The summed E-state index contributed by atoms with van der Waals surface area (Å²) in [6, 6.07) is 1.86. The molecule has 0 saturated carbocycles. The van der Waals surface area contributed by atoms with Crippen LogP contribution in [0.25, 0.3) is 0 Å². The van der Waals surface area contributed by atoms with Gasteiger partial charge in [-0.1, -0.05) is 18.3 Å². The highest BCUT2D eigenvalue weighted by atomic mass is 32.2. The first-order chi connectivity index (χ1) is 9.29. The van der Waals surface area contributed by atoms with Crippen molar-refractivity contribution in [2.45, 2.75) is 19.3 Å². The Morgan fingerprint density at radius 2 is 2.32 bits per heavy atom. The van der Waals surface area contributed by atoms with E-state index in [0.29, 0.717) is 11.4 Å². The fourth-order valence-electron chi connectivity index (χ4n) is 1.56. The molecule has 0 fully saturated rings. The Kier molecular flexibility index (Phi) is 8.39. The van der Waals surface area contributed by atoms with E-state index in [2.05, 4.69) is 23.4 Å². The van der Waals surface area contributed by atoms with Gasteiger partial charge in [0, 0.05) is 12.1 Å². The van der Waals surface area contributed by atoms with E-state index in [-0.39, 0.29) is 5.91 Å². The van der Waals surface area contributed by atoms with Gasteiger partial charge in [-0.3, -0.25) is 4.79 Å². The maximum absolute atomic E-state index is 12.0.